The maximum atomic E-state index is 5.38. The predicted octanol–water partition coefficient (Wildman–Crippen LogP) is 1.26. The molecule has 2 heteroatoms. The predicted molar refractivity (Wildman–Crippen MR) is 40.5 cm³/mol. The average molecular weight is 149 g/mol. The molecule has 1 saturated heterocycles. The zero-order valence-electron chi connectivity index (χ0n) is 6.12. The molecule has 1 atom stereocenters. The summed E-state index contributed by atoms with van der Waals surface area (Å²) in [7, 11) is 0. The van der Waals surface area contributed by atoms with Crippen molar-refractivity contribution in [3.8, 4) is 5.75 Å². The van der Waals surface area contributed by atoms with Gasteiger partial charge in [0.25, 0.3) is 0 Å². The van der Waals surface area contributed by atoms with E-state index in [9.17, 15) is 0 Å². The van der Waals surface area contributed by atoms with Crippen molar-refractivity contribution in [1.29, 1.82) is 0 Å². The maximum Gasteiger partial charge on any atom is 0.119 e. The summed E-state index contributed by atoms with van der Waals surface area (Å²) in [6.07, 6.45) is 0.333. The number of benzene rings is 1. The summed E-state index contributed by atoms with van der Waals surface area (Å²) >= 11 is 0. The fourth-order valence-electron chi connectivity index (χ4n) is 0.821. The highest BCUT2D eigenvalue weighted by Crippen LogP contribution is 2.13. The standard InChI is InChI=1S/C9H9O2/c1-2-4-8(5-3-1)10-6-9-7-11-9/h2-5,9H,6-7H2. The van der Waals surface area contributed by atoms with Crippen LogP contribution in [0.3, 0.4) is 0 Å². The molecular weight excluding hydrogens is 140 g/mol. The Kier molecular flexibility index (Phi) is 1.78. The summed E-state index contributed by atoms with van der Waals surface area (Å²) in [5.74, 6) is 0.888. The van der Waals surface area contributed by atoms with Crippen molar-refractivity contribution in [1.82, 2.24) is 0 Å². The van der Waals surface area contributed by atoms with Crippen LogP contribution in [0.15, 0.2) is 24.3 Å². The summed E-state index contributed by atoms with van der Waals surface area (Å²) in [6.45, 7) is 1.52. The van der Waals surface area contributed by atoms with Crippen LogP contribution in [0.1, 0.15) is 0 Å². The molecule has 11 heavy (non-hydrogen) atoms. The van der Waals surface area contributed by atoms with Crippen molar-refractivity contribution in [3.05, 3.63) is 30.3 Å². The Bertz CT molecular complexity index is 216. The van der Waals surface area contributed by atoms with E-state index >= 15 is 0 Å². The number of rotatable bonds is 3. The van der Waals surface area contributed by atoms with Crippen LogP contribution < -0.4 is 4.74 Å². The maximum absolute atomic E-state index is 5.38. The van der Waals surface area contributed by atoms with Crippen LogP contribution in [0.2, 0.25) is 0 Å². The molecule has 1 unspecified atom stereocenters. The molecule has 0 aromatic heterocycles. The Morgan fingerprint density at radius 3 is 2.91 bits per heavy atom. The summed E-state index contributed by atoms with van der Waals surface area (Å²) < 4.78 is 10.4. The van der Waals surface area contributed by atoms with Crippen LogP contribution in [0.4, 0.5) is 0 Å². The molecule has 1 aliphatic heterocycles. The van der Waals surface area contributed by atoms with Crippen molar-refractivity contribution in [2.45, 2.75) is 6.10 Å². The van der Waals surface area contributed by atoms with E-state index in [4.69, 9.17) is 9.47 Å². The molecule has 1 aromatic rings. The van der Waals surface area contributed by atoms with Crippen LogP contribution in [-0.2, 0) is 4.74 Å². The molecule has 0 aliphatic carbocycles. The minimum absolute atomic E-state index is 0.333. The molecule has 0 bridgehead atoms. The number of hydrogen-bond donors (Lipinski definition) is 0. The van der Waals surface area contributed by atoms with Gasteiger partial charge in [0.2, 0.25) is 0 Å². The highest BCUT2D eigenvalue weighted by atomic mass is 16.6. The highest BCUT2D eigenvalue weighted by Gasteiger charge is 2.22. The third-order valence-electron chi connectivity index (χ3n) is 1.53. The van der Waals surface area contributed by atoms with Crippen LogP contribution in [-0.4, -0.2) is 19.3 Å². The second-order valence-electron chi connectivity index (χ2n) is 2.50. The highest BCUT2D eigenvalue weighted by molar-refractivity contribution is 5.20. The number of epoxide rings is 1. The van der Waals surface area contributed by atoms with E-state index in [2.05, 4.69) is 6.07 Å². The lowest BCUT2D eigenvalue weighted by molar-refractivity contribution is 0.263. The Labute approximate surface area is 65.7 Å². The van der Waals surface area contributed by atoms with Gasteiger partial charge in [0.1, 0.15) is 18.5 Å². The molecule has 1 aliphatic rings. The molecule has 57 valence electrons. The van der Waals surface area contributed by atoms with Crippen molar-refractivity contribution in [2.24, 2.45) is 0 Å². The molecule has 0 amide bonds. The third-order valence-corrected chi connectivity index (χ3v) is 1.53. The summed E-state index contributed by atoms with van der Waals surface area (Å²) in [5, 5.41) is 0. The van der Waals surface area contributed by atoms with Gasteiger partial charge in [0.15, 0.2) is 0 Å². The van der Waals surface area contributed by atoms with Gasteiger partial charge in [-0.15, -0.1) is 0 Å². The molecule has 0 N–H and O–H groups in total. The quantitative estimate of drug-likeness (QED) is 0.603. The van der Waals surface area contributed by atoms with Crippen LogP contribution in [0.25, 0.3) is 0 Å². The number of ether oxygens (including phenoxy) is 2. The Morgan fingerprint density at radius 2 is 2.27 bits per heavy atom. The second-order valence-corrected chi connectivity index (χ2v) is 2.50. The summed E-state index contributed by atoms with van der Waals surface area (Å²) in [4.78, 5) is 0. The minimum atomic E-state index is 0.333. The Morgan fingerprint density at radius 1 is 1.55 bits per heavy atom. The molecule has 2 nitrogen and oxygen atoms in total. The molecule has 1 radical (unpaired) electrons. The fraction of sp³-hybridized carbons (Fsp3) is 0.333. The largest absolute Gasteiger partial charge is 0.491 e. The van der Waals surface area contributed by atoms with E-state index < -0.39 is 0 Å². The van der Waals surface area contributed by atoms with Crippen molar-refractivity contribution in [2.75, 3.05) is 13.2 Å². The minimum Gasteiger partial charge on any atom is -0.491 e. The van der Waals surface area contributed by atoms with E-state index in [1.54, 1.807) is 0 Å². The zero-order chi connectivity index (χ0) is 7.52. The van der Waals surface area contributed by atoms with Crippen LogP contribution in [0, 0.1) is 6.07 Å². The van der Waals surface area contributed by atoms with E-state index in [0.717, 1.165) is 12.4 Å². The first-order valence-electron chi connectivity index (χ1n) is 3.66. The van der Waals surface area contributed by atoms with Crippen LogP contribution in [0.5, 0.6) is 5.75 Å². The van der Waals surface area contributed by atoms with Crippen molar-refractivity contribution >= 4 is 0 Å². The van der Waals surface area contributed by atoms with E-state index in [0.29, 0.717) is 12.7 Å². The first kappa shape index (κ1) is 6.68. The van der Waals surface area contributed by atoms with Crippen molar-refractivity contribution < 1.29 is 9.47 Å². The molecule has 1 heterocycles. The lowest BCUT2D eigenvalue weighted by Gasteiger charge is -2.01. The van der Waals surface area contributed by atoms with Gasteiger partial charge in [-0.05, 0) is 18.2 Å². The summed E-state index contributed by atoms with van der Waals surface area (Å²) in [5.41, 5.74) is 0. The smallest absolute Gasteiger partial charge is 0.119 e. The second kappa shape index (κ2) is 2.93. The van der Waals surface area contributed by atoms with Gasteiger partial charge in [-0.25, -0.2) is 0 Å². The van der Waals surface area contributed by atoms with Crippen molar-refractivity contribution in [3.63, 3.8) is 0 Å². The topological polar surface area (TPSA) is 21.8 Å². The monoisotopic (exact) mass is 149 g/mol. The molecule has 1 aromatic carbocycles. The molecular formula is C9H9O2. The summed E-state index contributed by atoms with van der Waals surface area (Å²) in [6, 6.07) is 10.4. The Hall–Kier alpha value is -1.02. The first-order valence-corrected chi connectivity index (χ1v) is 3.66. The normalized spacial score (nSPS) is 21.3. The van der Waals surface area contributed by atoms with E-state index in [-0.39, 0.29) is 0 Å². The lowest BCUT2D eigenvalue weighted by Crippen LogP contribution is -2.03. The Balaban J connectivity index is 1.85. The number of hydrogen-bond acceptors (Lipinski definition) is 2. The third kappa shape index (κ3) is 1.95. The molecule has 2 rings (SSSR count). The average Bonchev–Trinajstić information content (AvgIpc) is 2.86. The molecule has 0 spiro atoms. The molecule has 1 fully saturated rings. The van der Waals surface area contributed by atoms with Gasteiger partial charge in [-0.1, -0.05) is 12.1 Å². The van der Waals surface area contributed by atoms with Gasteiger partial charge < -0.3 is 9.47 Å². The van der Waals surface area contributed by atoms with Gasteiger partial charge >= 0.3 is 0 Å². The van der Waals surface area contributed by atoms with E-state index in [1.807, 2.05) is 24.3 Å². The zero-order valence-corrected chi connectivity index (χ0v) is 6.12. The van der Waals surface area contributed by atoms with Gasteiger partial charge in [-0.3, -0.25) is 0 Å². The van der Waals surface area contributed by atoms with Gasteiger partial charge in [-0.2, -0.15) is 0 Å². The fourth-order valence-corrected chi connectivity index (χ4v) is 0.821. The van der Waals surface area contributed by atoms with Gasteiger partial charge in [0.05, 0.1) is 6.61 Å². The van der Waals surface area contributed by atoms with E-state index in [1.165, 1.54) is 0 Å². The first-order chi connectivity index (χ1) is 5.45. The lowest BCUT2D eigenvalue weighted by atomic mass is 10.3. The van der Waals surface area contributed by atoms with Crippen LogP contribution >= 0.6 is 0 Å². The SMILES string of the molecule is [c]1ccc(OCC2CO2)cc1. The van der Waals surface area contributed by atoms with Gasteiger partial charge in [0, 0.05) is 0 Å². The molecule has 0 saturated carbocycles.